The van der Waals surface area contributed by atoms with E-state index in [-0.39, 0.29) is 11.8 Å². The number of rotatable bonds is 5. The summed E-state index contributed by atoms with van der Waals surface area (Å²) < 4.78 is 12.8. The number of amides is 2. The van der Waals surface area contributed by atoms with Crippen LogP contribution in [0.4, 0.5) is 11.4 Å². The van der Waals surface area contributed by atoms with Crippen LogP contribution in [0.2, 0.25) is 0 Å². The van der Waals surface area contributed by atoms with Crippen LogP contribution >= 0.6 is 0 Å². The van der Waals surface area contributed by atoms with Crippen LogP contribution in [0, 0.1) is 0 Å². The molecule has 34 heavy (non-hydrogen) atoms. The van der Waals surface area contributed by atoms with Crippen molar-refractivity contribution in [2.45, 2.75) is 13.0 Å². The van der Waals surface area contributed by atoms with Crippen molar-refractivity contribution in [3.05, 3.63) is 84.6 Å². The number of ether oxygens (including phenoxy) is 2. The summed E-state index contributed by atoms with van der Waals surface area (Å²) in [5.74, 6) is 0.576. The van der Waals surface area contributed by atoms with Gasteiger partial charge in [0.2, 0.25) is 0 Å². The third kappa shape index (κ3) is 3.97. The van der Waals surface area contributed by atoms with E-state index in [9.17, 15) is 9.59 Å². The van der Waals surface area contributed by atoms with Crippen LogP contribution in [-0.2, 0) is 4.79 Å². The van der Waals surface area contributed by atoms with E-state index >= 15 is 0 Å². The number of nitrogens with one attached hydrogen (secondary N) is 2. The van der Waals surface area contributed by atoms with Crippen molar-refractivity contribution in [3.8, 4) is 28.4 Å². The van der Waals surface area contributed by atoms with Crippen LogP contribution in [0.3, 0.4) is 0 Å². The van der Waals surface area contributed by atoms with Crippen molar-refractivity contribution in [2.75, 3.05) is 17.7 Å². The number of anilines is 2. The molecule has 1 atom stereocenters. The van der Waals surface area contributed by atoms with E-state index in [1.165, 1.54) is 0 Å². The van der Waals surface area contributed by atoms with Gasteiger partial charge in [-0.15, -0.1) is 0 Å². The third-order valence-corrected chi connectivity index (χ3v) is 5.51. The number of aromatic nitrogens is 2. The van der Waals surface area contributed by atoms with Gasteiger partial charge in [-0.2, -0.15) is 5.10 Å². The van der Waals surface area contributed by atoms with E-state index in [2.05, 4.69) is 10.6 Å². The average molecular weight is 454 g/mol. The Morgan fingerprint density at radius 1 is 1.09 bits per heavy atom. The van der Waals surface area contributed by atoms with E-state index < -0.39 is 6.10 Å². The first-order chi connectivity index (χ1) is 16.5. The molecule has 1 aliphatic rings. The SMILES string of the molecule is COc1ccccc1-c1nn(-c2ccccc2)cc1C(=O)Nc1ccc2c(c1)NC(=O)[C@@H](C)O2. The van der Waals surface area contributed by atoms with E-state index in [1.54, 1.807) is 43.1 Å². The van der Waals surface area contributed by atoms with Crippen molar-refractivity contribution in [3.63, 3.8) is 0 Å². The molecular weight excluding hydrogens is 432 g/mol. The molecule has 8 heteroatoms. The van der Waals surface area contributed by atoms with Crippen LogP contribution in [0.25, 0.3) is 16.9 Å². The molecule has 2 N–H and O–H groups in total. The summed E-state index contributed by atoms with van der Waals surface area (Å²) >= 11 is 0. The predicted molar refractivity (Wildman–Crippen MR) is 129 cm³/mol. The zero-order chi connectivity index (χ0) is 23.7. The smallest absolute Gasteiger partial charge is 0.265 e. The van der Waals surface area contributed by atoms with Gasteiger partial charge in [0.15, 0.2) is 6.10 Å². The molecular formula is C26H22N4O4. The largest absolute Gasteiger partial charge is 0.496 e. The van der Waals surface area contributed by atoms with Gasteiger partial charge in [0.25, 0.3) is 11.8 Å². The minimum Gasteiger partial charge on any atom is -0.496 e. The third-order valence-electron chi connectivity index (χ3n) is 5.51. The van der Waals surface area contributed by atoms with Gasteiger partial charge in [-0.3, -0.25) is 9.59 Å². The maximum atomic E-state index is 13.4. The van der Waals surface area contributed by atoms with Crippen molar-refractivity contribution in [1.82, 2.24) is 9.78 Å². The zero-order valence-electron chi connectivity index (χ0n) is 18.6. The molecule has 0 saturated carbocycles. The molecule has 4 aromatic rings. The molecule has 8 nitrogen and oxygen atoms in total. The highest BCUT2D eigenvalue weighted by atomic mass is 16.5. The summed E-state index contributed by atoms with van der Waals surface area (Å²) in [7, 11) is 1.58. The van der Waals surface area contributed by atoms with E-state index in [1.807, 2.05) is 54.6 Å². The van der Waals surface area contributed by atoms with Crippen LogP contribution in [0.1, 0.15) is 17.3 Å². The average Bonchev–Trinajstić information content (AvgIpc) is 3.31. The summed E-state index contributed by atoms with van der Waals surface area (Å²) in [6.45, 7) is 1.68. The number of hydrogen-bond donors (Lipinski definition) is 2. The Labute approximate surface area is 196 Å². The molecule has 5 rings (SSSR count). The molecule has 1 aliphatic heterocycles. The second kappa shape index (κ2) is 8.74. The lowest BCUT2D eigenvalue weighted by Crippen LogP contribution is -2.34. The zero-order valence-corrected chi connectivity index (χ0v) is 18.6. The van der Waals surface area contributed by atoms with E-state index in [0.717, 1.165) is 5.69 Å². The summed E-state index contributed by atoms with van der Waals surface area (Å²) in [5.41, 5.74) is 3.40. The first-order valence-electron chi connectivity index (χ1n) is 10.7. The predicted octanol–water partition coefficient (Wildman–Crippen LogP) is 4.52. The Hall–Kier alpha value is -4.59. The molecule has 0 radical (unpaired) electrons. The topological polar surface area (TPSA) is 94.5 Å². The van der Waals surface area contributed by atoms with Gasteiger partial charge in [-0.1, -0.05) is 30.3 Å². The number of benzene rings is 3. The molecule has 0 bridgehead atoms. The second-order valence-corrected chi connectivity index (χ2v) is 7.79. The number of para-hydroxylation sites is 2. The lowest BCUT2D eigenvalue weighted by atomic mass is 10.1. The Balaban J connectivity index is 1.52. The number of nitrogens with zero attached hydrogens (tertiary/aromatic N) is 2. The molecule has 0 aliphatic carbocycles. The van der Waals surface area contributed by atoms with Crippen LogP contribution in [0.15, 0.2) is 79.0 Å². The number of carbonyl (C=O) groups is 2. The maximum absolute atomic E-state index is 13.4. The molecule has 0 saturated heterocycles. The fraction of sp³-hybridized carbons (Fsp3) is 0.115. The highest BCUT2D eigenvalue weighted by Crippen LogP contribution is 2.34. The molecule has 3 aromatic carbocycles. The molecule has 1 aromatic heterocycles. The van der Waals surface area contributed by atoms with Crippen molar-refractivity contribution < 1.29 is 19.1 Å². The maximum Gasteiger partial charge on any atom is 0.265 e. The van der Waals surface area contributed by atoms with Gasteiger partial charge in [0, 0.05) is 17.4 Å². The van der Waals surface area contributed by atoms with Crippen LogP contribution in [-0.4, -0.2) is 34.8 Å². The molecule has 0 fully saturated rings. The summed E-state index contributed by atoms with van der Waals surface area (Å²) in [6, 6.07) is 22.1. The fourth-order valence-electron chi connectivity index (χ4n) is 3.78. The summed E-state index contributed by atoms with van der Waals surface area (Å²) in [4.78, 5) is 25.4. The van der Waals surface area contributed by atoms with E-state index in [4.69, 9.17) is 14.6 Å². The highest BCUT2D eigenvalue weighted by molar-refractivity contribution is 6.09. The molecule has 2 amide bonds. The monoisotopic (exact) mass is 454 g/mol. The van der Waals surface area contributed by atoms with Gasteiger partial charge in [-0.25, -0.2) is 4.68 Å². The number of carbonyl (C=O) groups excluding carboxylic acids is 2. The lowest BCUT2D eigenvalue weighted by molar-refractivity contribution is -0.122. The van der Waals surface area contributed by atoms with Gasteiger partial charge >= 0.3 is 0 Å². The molecule has 2 heterocycles. The van der Waals surface area contributed by atoms with Crippen molar-refractivity contribution in [2.24, 2.45) is 0 Å². The number of methoxy groups -OCH3 is 1. The minimum atomic E-state index is -0.569. The summed E-state index contributed by atoms with van der Waals surface area (Å²) in [5, 5.41) is 10.4. The van der Waals surface area contributed by atoms with Gasteiger partial charge in [0.1, 0.15) is 17.2 Å². The van der Waals surface area contributed by atoms with Crippen molar-refractivity contribution in [1.29, 1.82) is 0 Å². The second-order valence-electron chi connectivity index (χ2n) is 7.79. The highest BCUT2D eigenvalue weighted by Gasteiger charge is 2.25. The van der Waals surface area contributed by atoms with E-state index in [0.29, 0.717) is 39.7 Å². The van der Waals surface area contributed by atoms with Crippen molar-refractivity contribution >= 4 is 23.2 Å². The normalized spacial score (nSPS) is 14.5. The standard InChI is InChI=1S/C26H22N4O4/c1-16-25(31)28-21-14-17(12-13-23(21)34-16)27-26(32)20-15-30(18-8-4-3-5-9-18)29-24(20)19-10-6-7-11-22(19)33-2/h3-16H,1-2H3,(H,27,32)(H,28,31)/t16-/m1/s1. The molecule has 170 valence electrons. The fourth-order valence-corrected chi connectivity index (χ4v) is 3.78. The lowest BCUT2D eigenvalue weighted by Gasteiger charge is -2.23. The van der Waals surface area contributed by atoms with Crippen LogP contribution < -0.4 is 20.1 Å². The Bertz CT molecular complexity index is 1380. The first-order valence-corrected chi connectivity index (χ1v) is 10.7. The van der Waals surface area contributed by atoms with Crippen LogP contribution in [0.5, 0.6) is 11.5 Å². The van der Waals surface area contributed by atoms with Gasteiger partial charge in [-0.05, 0) is 49.4 Å². The molecule has 0 unspecified atom stereocenters. The number of fused-ring (bicyclic) bond motifs is 1. The first kappa shape index (κ1) is 21.3. The Morgan fingerprint density at radius 2 is 1.85 bits per heavy atom. The minimum absolute atomic E-state index is 0.237. The Morgan fingerprint density at radius 3 is 2.65 bits per heavy atom. The Kier molecular flexibility index (Phi) is 5.47. The quantitative estimate of drug-likeness (QED) is 0.462. The summed E-state index contributed by atoms with van der Waals surface area (Å²) in [6.07, 6.45) is 1.12. The van der Waals surface area contributed by atoms with Gasteiger partial charge < -0.3 is 20.1 Å². The van der Waals surface area contributed by atoms with Gasteiger partial charge in [0.05, 0.1) is 24.0 Å². The molecule has 0 spiro atoms. The number of hydrogen-bond acceptors (Lipinski definition) is 5.